The van der Waals surface area contributed by atoms with Crippen molar-refractivity contribution in [3.63, 3.8) is 0 Å². The van der Waals surface area contributed by atoms with E-state index in [2.05, 4.69) is 0 Å². The first-order valence-electron chi connectivity index (χ1n) is 6.87. The van der Waals surface area contributed by atoms with Crippen molar-refractivity contribution in [1.29, 1.82) is 0 Å². The van der Waals surface area contributed by atoms with Crippen LogP contribution < -0.4 is 0 Å². The molecule has 1 aliphatic rings. The van der Waals surface area contributed by atoms with E-state index in [1.165, 1.54) is 0 Å². The molecule has 0 saturated carbocycles. The van der Waals surface area contributed by atoms with Crippen LogP contribution in [0.3, 0.4) is 0 Å². The third kappa shape index (κ3) is 4.89. The number of carbonyl (C=O) groups is 2. The van der Waals surface area contributed by atoms with Crippen LogP contribution in [0.4, 0.5) is 0 Å². The molecule has 1 amide bonds. The van der Waals surface area contributed by atoms with Gasteiger partial charge < -0.3 is 9.64 Å². The first-order chi connectivity index (χ1) is 9.75. The fourth-order valence-corrected chi connectivity index (χ4v) is 2.90. The second kappa shape index (κ2) is 7.94. The molecular formula is C15H19NO3S. The van der Waals surface area contributed by atoms with Crippen molar-refractivity contribution >= 4 is 23.6 Å². The molecule has 0 unspecified atom stereocenters. The lowest BCUT2D eigenvalue weighted by Crippen LogP contribution is -2.32. The van der Waals surface area contributed by atoms with Gasteiger partial charge in [-0.2, -0.15) is 0 Å². The fraction of sp³-hybridized carbons (Fsp3) is 0.467. The third-order valence-corrected chi connectivity index (χ3v) is 4.15. The van der Waals surface area contributed by atoms with Gasteiger partial charge >= 0.3 is 5.97 Å². The molecule has 0 aromatic heterocycles. The zero-order valence-electron chi connectivity index (χ0n) is 11.4. The van der Waals surface area contributed by atoms with E-state index in [9.17, 15) is 9.59 Å². The molecule has 0 aliphatic carbocycles. The topological polar surface area (TPSA) is 46.6 Å². The molecule has 0 spiro atoms. The summed E-state index contributed by atoms with van der Waals surface area (Å²) in [5, 5.41) is 0. The Labute approximate surface area is 123 Å². The minimum Gasteiger partial charge on any atom is -0.456 e. The average Bonchev–Trinajstić information content (AvgIpc) is 3.00. The number of hydrogen-bond donors (Lipinski definition) is 0. The molecule has 1 aliphatic heterocycles. The smallest absolute Gasteiger partial charge is 0.307 e. The lowest BCUT2D eigenvalue weighted by atomic mass is 10.4. The number of thioether (sulfide) groups is 1. The molecule has 2 rings (SSSR count). The molecule has 1 heterocycles. The summed E-state index contributed by atoms with van der Waals surface area (Å²) in [6.45, 7) is 1.47. The molecule has 20 heavy (non-hydrogen) atoms. The zero-order valence-corrected chi connectivity index (χ0v) is 12.2. The molecule has 1 fully saturated rings. The zero-order chi connectivity index (χ0) is 14.2. The van der Waals surface area contributed by atoms with Crippen molar-refractivity contribution in [2.75, 3.05) is 25.4 Å². The van der Waals surface area contributed by atoms with Crippen LogP contribution in [0.1, 0.15) is 19.3 Å². The molecule has 0 radical (unpaired) electrons. The Morgan fingerprint density at radius 1 is 1.15 bits per heavy atom. The van der Waals surface area contributed by atoms with Crippen LogP contribution >= 0.6 is 11.8 Å². The van der Waals surface area contributed by atoms with Crippen LogP contribution in [-0.2, 0) is 14.3 Å². The number of ether oxygens (including phenoxy) is 1. The van der Waals surface area contributed by atoms with Crippen LogP contribution in [-0.4, -0.2) is 42.2 Å². The molecule has 1 saturated heterocycles. The first-order valence-corrected chi connectivity index (χ1v) is 7.85. The molecular weight excluding hydrogens is 274 g/mol. The second-order valence-electron chi connectivity index (χ2n) is 4.66. The summed E-state index contributed by atoms with van der Waals surface area (Å²) in [4.78, 5) is 26.1. The maximum absolute atomic E-state index is 11.7. The lowest BCUT2D eigenvalue weighted by Gasteiger charge is -2.14. The Hall–Kier alpha value is -1.49. The molecule has 0 bridgehead atoms. The van der Waals surface area contributed by atoms with E-state index >= 15 is 0 Å². The van der Waals surface area contributed by atoms with Crippen molar-refractivity contribution in [2.24, 2.45) is 0 Å². The molecule has 108 valence electrons. The van der Waals surface area contributed by atoms with Gasteiger partial charge in [0.15, 0.2) is 6.61 Å². The van der Waals surface area contributed by atoms with E-state index in [1.54, 1.807) is 16.7 Å². The van der Waals surface area contributed by atoms with E-state index in [0.717, 1.165) is 30.8 Å². The summed E-state index contributed by atoms with van der Waals surface area (Å²) in [6.07, 6.45) is 2.42. The summed E-state index contributed by atoms with van der Waals surface area (Å²) in [5.74, 6) is 0.286. The maximum Gasteiger partial charge on any atom is 0.307 e. The minimum absolute atomic E-state index is 0.0773. The van der Waals surface area contributed by atoms with Gasteiger partial charge in [0.1, 0.15) is 0 Å². The molecule has 1 aromatic rings. The lowest BCUT2D eigenvalue weighted by molar-refractivity contribution is -0.151. The Bertz CT molecular complexity index is 444. The van der Waals surface area contributed by atoms with Gasteiger partial charge in [0.25, 0.3) is 5.91 Å². The van der Waals surface area contributed by atoms with Crippen molar-refractivity contribution in [1.82, 2.24) is 4.90 Å². The summed E-state index contributed by atoms with van der Waals surface area (Å²) >= 11 is 1.61. The Balaban J connectivity index is 1.59. The number of hydrogen-bond acceptors (Lipinski definition) is 4. The van der Waals surface area contributed by atoms with E-state index in [4.69, 9.17) is 4.74 Å². The number of carbonyl (C=O) groups excluding carboxylic acids is 2. The summed E-state index contributed by atoms with van der Waals surface area (Å²) in [6, 6.07) is 9.91. The largest absolute Gasteiger partial charge is 0.456 e. The number of benzene rings is 1. The van der Waals surface area contributed by atoms with Crippen molar-refractivity contribution < 1.29 is 14.3 Å². The highest BCUT2D eigenvalue weighted by Gasteiger charge is 2.18. The van der Waals surface area contributed by atoms with Gasteiger partial charge in [-0.05, 0) is 25.0 Å². The van der Waals surface area contributed by atoms with Gasteiger partial charge in [0.05, 0.1) is 6.42 Å². The molecule has 0 N–H and O–H groups in total. The van der Waals surface area contributed by atoms with Crippen LogP contribution in [0.25, 0.3) is 0 Å². The Morgan fingerprint density at radius 3 is 2.55 bits per heavy atom. The highest BCUT2D eigenvalue weighted by Crippen LogP contribution is 2.17. The first kappa shape index (κ1) is 14.9. The van der Waals surface area contributed by atoms with Crippen LogP contribution in [0.2, 0.25) is 0 Å². The summed E-state index contributed by atoms with van der Waals surface area (Å²) in [5.41, 5.74) is 0. The average molecular weight is 293 g/mol. The van der Waals surface area contributed by atoms with Gasteiger partial charge in [-0.1, -0.05) is 18.2 Å². The molecule has 0 atom stereocenters. The SMILES string of the molecule is O=C(CCSc1ccccc1)OCC(=O)N1CCCC1. The predicted octanol–water partition coefficient (Wildman–Crippen LogP) is 2.33. The molecule has 5 heteroatoms. The van der Waals surface area contributed by atoms with E-state index in [0.29, 0.717) is 12.2 Å². The number of rotatable bonds is 6. The number of amides is 1. The minimum atomic E-state index is -0.305. The van der Waals surface area contributed by atoms with Gasteiger partial charge in [-0.25, -0.2) is 0 Å². The van der Waals surface area contributed by atoms with Crippen LogP contribution in [0.15, 0.2) is 35.2 Å². The third-order valence-electron chi connectivity index (χ3n) is 3.13. The van der Waals surface area contributed by atoms with Crippen LogP contribution in [0, 0.1) is 0 Å². The predicted molar refractivity (Wildman–Crippen MR) is 78.6 cm³/mol. The van der Waals surface area contributed by atoms with Crippen molar-refractivity contribution in [2.45, 2.75) is 24.2 Å². The van der Waals surface area contributed by atoms with Crippen molar-refractivity contribution in [3.8, 4) is 0 Å². The van der Waals surface area contributed by atoms with E-state index in [1.807, 2.05) is 30.3 Å². The number of esters is 1. The van der Waals surface area contributed by atoms with Gasteiger partial charge in [-0.3, -0.25) is 9.59 Å². The standard InChI is InChI=1S/C15H19NO3S/c17-14(16-9-4-5-10-16)12-19-15(18)8-11-20-13-6-2-1-3-7-13/h1-3,6-7H,4-5,8-12H2. The monoisotopic (exact) mass is 293 g/mol. The second-order valence-corrected chi connectivity index (χ2v) is 5.83. The van der Waals surface area contributed by atoms with E-state index in [-0.39, 0.29) is 18.5 Å². The van der Waals surface area contributed by atoms with E-state index < -0.39 is 0 Å². The number of likely N-dealkylation sites (tertiary alicyclic amines) is 1. The quantitative estimate of drug-likeness (QED) is 0.596. The van der Waals surface area contributed by atoms with Gasteiger partial charge in [0, 0.05) is 23.7 Å². The van der Waals surface area contributed by atoms with Gasteiger partial charge in [-0.15, -0.1) is 11.8 Å². The van der Waals surface area contributed by atoms with Crippen molar-refractivity contribution in [3.05, 3.63) is 30.3 Å². The molecule has 1 aromatic carbocycles. The van der Waals surface area contributed by atoms with Gasteiger partial charge in [0.2, 0.25) is 0 Å². The number of nitrogens with zero attached hydrogens (tertiary/aromatic N) is 1. The Morgan fingerprint density at radius 2 is 1.85 bits per heavy atom. The highest BCUT2D eigenvalue weighted by atomic mass is 32.2. The maximum atomic E-state index is 11.7. The summed E-state index contributed by atoms with van der Waals surface area (Å²) < 4.78 is 5.01. The Kier molecular flexibility index (Phi) is 5.92. The summed E-state index contributed by atoms with van der Waals surface area (Å²) in [7, 11) is 0. The fourth-order valence-electron chi connectivity index (χ4n) is 2.04. The molecule has 4 nitrogen and oxygen atoms in total. The highest BCUT2D eigenvalue weighted by molar-refractivity contribution is 7.99. The van der Waals surface area contributed by atoms with Crippen LogP contribution in [0.5, 0.6) is 0 Å². The normalized spacial score (nSPS) is 14.3.